The van der Waals surface area contributed by atoms with Crippen molar-refractivity contribution in [2.75, 3.05) is 6.54 Å². The molecule has 1 aromatic carbocycles. The molecule has 0 fully saturated rings. The predicted octanol–water partition coefficient (Wildman–Crippen LogP) is 4.40. The molecule has 0 spiro atoms. The Balaban J connectivity index is 2.40. The van der Waals surface area contributed by atoms with E-state index in [0.717, 1.165) is 19.3 Å². The fourth-order valence-corrected chi connectivity index (χ4v) is 4.11. The highest BCUT2D eigenvalue weighted by atomic mass is 32.2. The number of aromatic nitrogens is 2. The summed E-state index contributed by atoms with van der Waals surface area (Å²) in [7, 11) is 0. The minimum Gasteiger partial charge on any atom is -0.355 e. The van der Waals surface area contributed by atoms with E-state index in [1.165, 1.54) is 11.8 Å². The van der Waals surface area contributed by atoms with Crippen LogP contribution in [0.3, 0.4) is 0 Å². The number of nitrogens with zero attached hydrogens (tertiary/aromatic N) is 2. The normalized spacial score (nSPS) is 13.7. The van der Waals surface area contributed by atoms with Crippen molar-refractivity contribution in [2.24, 2.45) is 5.92 Å². The van der Waals surface area contributed by atoms with E-state index in [4.69, 9.17) is 4.98 Å². The third-order valence-electron chi connectivity index (χ3n) is 4.62. The van der Waals surface area contributed by atoms with Gasteiger partial charge in [-0.05, 0) is 45.2 Å². The van der Waals surface area contributed by atoms with E-state index < -0.39 is 0 Å². The zero-order valence-corrected chi connectivity index (χ0v) is 17.8. The molecule has 1 aromatic heterocycles. The standard InChI is InChI=1S/C21H31N3O2S/c1-6-22-19(25)16(5)27-21-23-18-13-8-7-12-17(18)20(26)24(21)15(4)11-9-10-14(2)3/h7-8,12-16H,6,9-11H2,1-5H3,(H,22,25)/t15-,16+/m0/s1. The van der Waals surface area contributed by atoms with Gasteiger partial charge in [0, 0.05) is 12.6 Å². The zero-order chi connectivity index (χ0) is 20.0. The fraction of sp³-hybridized carbons (Fsp3) is 0.571. The number of carbonyl (C=O) groups excluding carboxylic acids is 1. The Kier molecular flexibility index (Phi) is 7.90. The summed E-state index contributed by atoms with van der Waals surface area (Å²) in [6.45, 7) is 10.8. The maximum absolute atomic E-state index is 13.2. The average molecular weight is 390 g/mol. The molecule has 0 aliphatic carbocycles. The van der Waals surface area contributed by atoms with Gasteiger partial charge in [0.25, 0.3) is 5.56 Å². The molecule has 2 atom stereocenters. The number of nitrogens with one attached hydrogen (secondary N) is 1. The Hall–Kier alpha value is -1.82. The van der Waals surface area contributed by atoms with E-state index in [-0.39, 0.29) is 22.8 Å². The molecule has 148 valence electrons. The van der Waals surface area contributed by atoms with Crippen LogP contribution in [0.25, 0.3) is 10.9 Å². The molecule has 0 radical (unpaired) electrons. The summed E-state index contributed by atoms with van der Waals surface area (Å²) in [5.41, 5.74) is 0.655. The minimum absolute atomic E-state index is 0.0248. The number of hydrogen-bond donors (Lipinski definition) is 1. The van der Waals surface area contributed by atoms with Crippen LogP contribution in [0.5, 0.6) is 0 Å². The zero-order valence-electron chi connectivity index (χ0n) is 17.0. The van der Waals surface area contributed by atoms with Crippen LogP contribution in [0, 0.1) is 5.92 Å². The molecule has 1 N–H and O–H groups in total. The highest BCUT2D eigenvalue weighted by Crippen LogP contribution is 2.27. The molecule has 1 heterocycles. The quantitative estimate of drug-likeness (QED) is 0.510. The van der Waals surface area contributed by atoms with Crippen molar-refractivity contribution < 1.29 is 4.79 Å². The van der Waals surface area contributed by atoms with Crippen molar-refractivity contribution in [3.63, 3.8) is 0 Å². The third-order valence-corrected chi connectivity index (χ3v) is 5.69. The van der Waals surface area contributed by atoms with Gasteiger partial charge in [0.2, 0.25) is 5.91 Å². The molecule has 0 aliphatic heterocycles. The smallest absolute Gasteiger partial charge is 0.262 e. The van der Waals surface area contributed by atoms with Crippen LogP contribution in [0.1, 0.15) is 59.9 Å². The molecule has 5 nitrogen and oxygen atoms in total. The molecular weight excluding hydrogens is 358 g/mol. The first-order chi connectivity index (χ1) is 12.8. The lowest BCUT2D eigenvalue weighted by molar-refractivity contribution is -0.120. The summed E-state index contributed by atoms with van der Waals surface area (Å²) in [4.78, 5) is 30.1. The number of para-hydroxylation sites is 1. The number of hydrogen-bond acceptors (Lipinski definition) is 4. The number of benzene rings is 1. The molecule has 0 saturated heterocycles. The van der Waals surface area contributed by atoms with Gasteiger partial charge in [0.05, 0.1) is 16.2 Å². The first-order valence-electron chi connectivity index (χ1n) is 9.80. The molecule has 1 amide bonds. The Morgan fingerprint density at radius 2 is 1.89 bits per heavy atom. The van der Waals surface area contributed by atoms with E-state index in [1.54, 1.807) is 4.57 Å². The molecule has 0 saturated carbocycles. The molecule has 2 aromatic rings. The molecule has 2 rings (SSSR count). The van der Waals surface area contributed by atoms with Crippen LogP contribution in [0.2, 0.25) is 0 Å². The topological polar surface area (TPSA) is 64.0 Å². The molecule has 6 heteroatoms. The van der Waals surface area contributed by atoms with E-state index in [2.05, 4.69) is 26.1 Å². The van der Waals surface area contributed by atoms with E-state index >= 15 is 0 Å². The molecule has 0 bridgehead atoms. The van der Waals surface area contributed by atoms with E-state index in [1.807, 2.05) is 38.1 Å². The monoisotopic (exact) mass is 389 g/mol. The maximum atomic E-state index is 13.2. The first-order valence-corrected chi connectivity index (χ1v) is 10.7. The largest absolute Gasteiger partial charge is 0.355 e. The molecule has 0 aliphatic rings. The van der Waals surface area contributed by atoms with Gasteiger partial charge in [-0.1, -0.05) is 50.6 Å². The lowest BCUT2D eigenvalue weighted by Crippen LogP contribution is -2.32. The maximum Gasteiger partial charge on any atom is 0.262 e. The minimum atomic E-state index is -0.313. The second-order valence-corrected chi connectivity index (χ2v) is 8.72. The second-order valence-electron chi connectivity index (χ2n) is 7.42. The lowest BCUT2D eigenvalue weighted by Gasteiger charge is -2.21. The lowest BCUT2D eigenvalue weighted by atomic mass is 10.0. The number of thioether (sulfide) groups is 1. The Morgan fingerprint density at radius 1 is 1.19 bits per heavy atom. The summed E-state index contributed by atoms with van der Waals surface area (Å²) in [5.74, 6) is 0.610. The predicted molar refractivity (Wildman–Crippen MR) is 113 cm³/mol. The molecular formula is C21H31N3O2S. The highest BCUT2D eigenvalue weighted by molar-refractivity contribution is 8.00. The number of carbonyl (C=O) groups is 1. The summed E-state index contributed by atoms with van der Waals surface area (Å²) < 4.78 is 1.78. The third kappa shape index (κ3) is 5.58. The van der Waals surface area contributed by atoms with Gasteiger partial charge in [-0.2, -0.15) is 0 Å². The van der Waals surface area contributed by atoms with E-state index in [0.29, 0.717) is 28.5 Å². The van der Waals surface area contributed by atoms with Gasteiger partial charge >= 0.3 is 0 Å². The van der Waals surface area contributed by atoms with Gasteiger partial charge in [0.15, 0.2) is 5.16 Å². The average Bonchev–Trinajstić information content (AvgIpc) is 2.61. The molecule has 27 heavy (non-hydrogen) atoms. The number of amides is 1. The second kappa shape index (κ2) is 9.93. The summed E-state index contributed by atoms with van der Waals surface area (Å²) in [6.07, 6.45) is 3.12. The van der Waals surface area contributed by atoms with Gasteiger partial charge in [-0.15, -0.1) is 0 Å². The van der Waals surface area contributed by atoms with Crippen molar-refractivity contribution in [3.05, 3.63) is 34.6 Å². The van der Waals surface area contributed by atoms with Crippen molar-refractivity contribution >= 4 is 28.6 Å². The van der Waals surface area contributed by atoms with Crippen molar-refractivity contribution in [3.8, 4) is 0 Å². The van der Waals surface area contributed by atoms with Gasteiger partial charge in [-0.3, -0.25) is 14.2 Å². The van der Waals surface area contributed by atoms with Crippen molar-refractivity contribution in [2.45, 2.75) is 70.3 Å². The van der Waals surface area contributed by atoms with Crippen LogP contribution in [0.4, 0.5) is 0 Å². The van der Waals surface area contributed by atoms with Gasteiger partial charge < -0.3 is 5.32 Å². The van der Waals surface area contributed by atoms with Crippen LogP contribution in [-0.4, -0.2) is 27.3 Å². The summed E-state index contributed by atoms with van der Waals surface area (Å²) in [5, 5.41) is 3.77. The first kappa shape index (κ1) is 21.5. The highest BCUT2D eigenvalue weighted by Gasteiger charge is 2.21. The summed E-state index contributed by atoms with van der Waals surface area (Å²) >= 11 is 1.36. The number of rotatable bonds is 9. The van der Waals surface area contributed by atoms with Crippen LogP contribution < -0.4 is 10.9 Å². The van der Waals surface area contributed by atoms with E-state index in [9.17, 15) is 9.59 Å². The Labute approximate surface area is 166 Å². The fourth-order valence-electron chi connectivity index (χ4n) is 3.08. The van der Waals surface area contributed by atoms with Crippen LogP contribution in [-0.2, 0) is 4.79 Å². The van der Waals surface area contributed by atoms with Crippen LogP contribution in [0.15, 0.2) is 34.2 Å². The van der Waals surface area contributed by atoms with Gasteiger partial charge in [-0.25, -0.2) is 4.98 Å². The molecule has 0 unspecified atom stereocenters. The summed E-state index contributed by atoms with van der Waals surface area (Å²) in [6, 6.07) is 7.46. The van der Waals surface area contributed by atoms with Gasteiger partial charge in [0.1, 0.15) is 0 Å². The van der Waals surface area contributed by atoms with Crippen LogP contribution >= 0.6 is 11.8 Å². The Bertz CT molecular complexity index is 832. The Morgan fingerprint density at radius 3 is 2.56 bits per heavy atom. The van der Waals surface area contributed by atoms with Crippen molar-refractivity contribution in [1.82, 2.24) is 14.9 Å². The SMILES string of the molecule is CCNC(=O)[C@@H](C)Sc1nc2ccccc2c(=O)n1[C@@H](C)CCCC(C)C. The van der Waals surface area contributed by atoms with Crippen molar-refractivity contribution in [1.29, 1.82) is 0 Å². The number of fused-ring (bicyclic) bond motifs is 1.